The number of hydrogen-bond donors (Lipinski definition) is 0. The highest BCUT2D eigenvalue weighted by atomic mass is 35.5. The van der Waals surface area contributed by atoms with Crippen molar-refractivity contribution in [2.24, 2.45) is 0 Å². The minimum absolute atomic E-state index is 0.233. The molecule has 3 aliphatic rings. The molecule has 0 fully saturated rings. The second-order valence-electron chi connectivity index (χ2n) is 13.7. The quantitative estimate of drug-likeness (QED) is 0.225. The fourth-order valence-corrected chi connectivity index (χ4v) is 7.80. The first-order valence-corrected chi connectivity index (χ1v) is 17.3. The number of ether oxygens (including phenoxy) is 4. The Morgan fingerprint density at radius 1 is 0.787 bits per heavy atom. The average molecular weight is 660 g/mol. The van der Waals surface area contributed by atoms with Crippen LogP contribution in [-0.2, 0) is 10.8 Å². The van der Waals surface area contributed by atoms with E-state index in [1.165, 1.54) is 33.7 Å². The summed E-state index contributed by atoms with van der Waals surface area (Å²) in [6.07, 6.45) is 14.0. The molecule has 2 heterocycles. The minimum Gasteiger partial charge on any atom is -0.497 e. The van der Waals surface area contributed by atoms with Crippen LogP contribution < -0.4 is 23.8 Å². The van der Waals surface area contributed by atoms with Crippen LogP contribution in [0.4, 0.5) is 11.4 Å². The Labute approximate surface area is 287 Å². The molecule has 252 valence electrons. The number of allylic oxidation sites excluding steroid dienone is 8. The Hall–Kier alpha value is -3.64. The summed E-state index contributed by atoms with van der Waals surface area (Å²) in [5.41, 5.74) is 9.03. The van der Waals surface area contributed by atoms with Gasteiger partial charge in [0.1, 0.15) is 23.8 Å². The van der Waals surface area contributed by atoms with Crippen molar-refractivity contribution >= 4 is 28.7 Å². The largest absolute Gasteiger partial charge is 0.497 e. The highest BCUT2D eigenvalue weighted by molar-refractivity contribution is 6.32. The van der Waals surface area contributed by atoms with Crippen molar-refractivity contribution in [2.45, 2.75) is 84.5 Å². The van der Waals surface area contributed by atoms with E-state index in [9.17, 15) is 0 Å². The number of nitrogens with zero attached hydrogens (tertiary/aromatic N) is 2. The molecule has 7 heteroatoms. The van der Waals surface area contributed by atoms with Gasteiger partial charge in [0.2, 0.25) is 0 Å². The number of hydrogen-bond acceptors (Lipinski definition) is 5. The van der Waals surface area contributed by atoms with Crippen molar-refractivity contribution in [3.8, 4) is 23.0 Å². The first-order chi connectivity index (χ1) is 22.5. The molecular weight excluding hydrogens is 608 g/mol. The summed E-state index contributed by atoms with van der Waals surface area (Å²) < 4.78 is 25.4. The number of anilines is 1. The molecule has 2 aromatic rings. The maximum Gasteiger partial charge on any atom is 0.252 e. The van der Waals surface area contributed by atoms with Crippen LogP contribution in [0.5, 0.6) is 23.0 Å². The Morgan fingerprint density at radius 2 is 1.45 bits per heavy atom. The number of benzene rings is 2. The van der Waals surface area contributed by atoms with Gasteiger partial charge in [0, 0.05) is 52.9 Å². The number of halogens is 1. The smallest absolute Gasteiger partial charge is 0.252 e. The Kier molecular flexibility index (Phi) is 10.2. The lowest BCUT2D eigenvalue weighted by molar-refractivity contribution is -0.438. The van der Waals surface area contributed by atoms with Crippen molar-refractivity contribution < 1.29 is 23.5 Å². The van der Waals surface area contributed by atoms with Gasteiger partial charge in [0.15, 0.2) is 11.5 Å². The Morgan fingerprint density at radius 3 is 2.06 bits per heavy atom. The lowest BCUT2D eigenvalue weighted by Crippen LogP contribution is -2.28. The van der Waals surface area contributed by atoms with Gasteiger partial charge in [0.25, 0.3) is 5.69 Å². The molecule has 0 N–H and O–H groups in total. The lowest BCUT2D eigenvalue weighted by atomic mass is 9.80. The summed E-state index contributed by atoms with van der Waals surface area (Å²) in [6.45, 7) is 15.3. The number of methoxy groups -OCH3 is 4. The van der Waals surface area contributed by atoms with Crippen molar-refractivity contribution in [3.05, 3.63) is 81.6 Å². The molecule has 0 aromatic heterocycles. The van der Waals surface area contributed by atoms with Crippen molar-refractivity contribution in [1.82, 2.24) is 0 Å². The van der Waals surface area contributed by atoms with Crippen LogP contribution in [0, 0.1) is 0 Å². The van der Waals surface area contributed by atoms with Gasteiger partial charge in [-0.3, -0.25) is 0 Å². The highest BCUT2D eigenvalue weighted by Gasteiger charge is 2.47. The zero-order valence-electron chi connectivity index (χ0n) is 30.0. The van der Waals surface area contributed by atoms with Crippen LogP contribution in [0.2, 0.25) is 0 Å². The van der Waals surface area contributed by atoms with Gasteiger partial charge in [-0.15, -0.1) is 0 Å². The molecule has 0 amide bonds. The fraction of sp³-hybridized carbons (Fsp3) is 0.475. The third-order valence-electron chi connectivity index (χ3n) is 9.99. The Balaban J connectivity index is 1.54. The SMILES string of the molecule is CCCN1/C(=C\C=C2/CCCC(/C=C/C3=[N+](CCC)c4c(OC)cc(OC)cc4C3(C)C)=C2Cl)C(C)(C)c2cc(OC)cc(OC)c21. The van der Waals surface area contributed by atoms with Crippen LogP contribution >= 0.6 is 11.6 Å². The summed E-state index contributed by atoms with van der Waals surface area (Å²) in [4.78, 5) is 2.41. The maximum atomic E-state index is 7.23. The predicted octanol–water partition coefficient (Wildman–Crippen LogP) is 9.76. The molecule has 0 bridgehead atoms. The van der Waals surface area contributed by atoms with E-state index in [1.807, 2.05) is 12.1 Å². The summed E-state index contributed by atoms with van der Waals surface area (Å²) in [7, 11) is 6.88. The molecule has 0 radical (unpaired) electrons. The molecule has 1 aliphatic carbocycles. The molecular formula is C40H52ClN2O4+. The monoisotopic (exact) mass is 659 g/mol. The van der Waals surface area contributed by atoms with Gasteiger partial charge in [-0.05, 0) is 74.4 Å². The fourth-order valence-electron chi connectivity index (χ4n) is 7.49. The summed E-state index contributed by atoms with van der Waals surface area (Å²) in [6, 6.07) is 8.26. The summed E-state index contributed by atoms with van der Waals surface area (Å²) >= 11 is 7.23. The van der Waals surface area contributed by atoms with Crippen molar-refractivity contribution in [3.63, 3.8) is 0 Å². The van der Waals surface area contributed by atoms with E-state index in [0.717, 1.165) is 84.6 Å². The molecule has 0 spiro atoms. The van der Waals surface area contributed by atoms with Crippen LogP contribution in [0.1, 0.15) is 84.8 Å². The van der Waals surface area contributed by atoms with Crippen LogP contribution in [0.15, 0.2) is 70.4 Å². The minimum atomic E-state index is -0.233. The van der Waals surface area contributed by atoms with E-state index in [2.05, 4.69) is 87.5 Å². The molecule has 0 atom stereocenters. The van der Waals surface area contributed by atoms with E-state index in [4.69, 9.17) is 30.5 Å². The van der Waals surface area contributed by atoms with E-state index >= 15 is 0 Å². The van der Waals surface area contributed by atoms with Crippen LogP contribution in [-0.4, -0.2) is 51.8 Å². The molecule has 47 heavy (non-hydrogen) atoms. The van der Waals surface area contributed by atoms with Gasteiger partial charge >= 0.3 is 0 Å². The van der Waals surface area contributed by atoms with Gasteiger partial charge in [0.05, 0.1) is 39.5 Å². The van der Waals surface area contributed by atoms with Gasteiger partial charge in [-0.1, -0.05) is 51.4 Å². The lowest BCUT2D eigenvalue weighted by Gasteiger charge is -2.27. The zero-order chi connectivity index (χ0) is 34.1. The first-order valence-electron chi connectivity index (χ1n) is 16.9. The topological polar surface area (TPSA) is 43.2 Å². The van der Waals surface area contributed by atoms with Gasteiger partial charge < -0.3 is 23.8 Å². The maximum absolute atomic E-state index is 7.23. The molecule has 0 unspecified atom stereocenters. The molecule has 2 aromatic carbocycles. The van der Waals surface area contributed by atoms with E-state index in [-0.39, 0.29) is 10.8 Å². The normalized spacial score (nSPS) is 20.0. The third-order valence-corrected chi connectivity index (χ3v) is 10.5. The highest BCUT2D eigenvalue weighted by Crippen LogP contribution is 2.54. The van der Waals surface area contributed by atoms with Gasteiger partial charge in [-0.2, -0.15) is 4.58 Å². The predicted molar refractivity (Wildman–Crippen MR) is 195 cm³/mol. The Bertz CT molecular complexity index is 1690. The number of fused-ring (bicyclic) bond motifs is 2. The zero-order valence-corrected chi connectivity index (χ0v) is 30.7. The van der Waals surface area contributed by atoms with E-state index in [0.29, 0.717) is 0 Å². The summed E-state index contributed by atoms with van der Waals surface area (Å²) in [5, 5.41) is 0.856. The molecule has 0 saturated heterocycles. The molecule has 6 nitrogen and oxygen atoms in total. The molecule has 0 saturated carbocycles. The van der Waals surface area contributed by atoms with Crippen LogP contribution in [0.3, 0.4) is 0 Å². The average Bonchev–Trinajstić information content (AvgIpc) is 3.41. The van der Waals surface area contributed by atoms with Crippen molar-refractivity contribution in [2.75, 3.05) is 46.4 Å². The van der Waals surface area contributed by atoms with Crippen molar-refractivity contribution in [1.29, 1.82) is 0 Å². The first kappa shape index (κ1) is 34.7. The second-order valence-corrected chi connectivity index (χ2v) is 14.0. The van der Waals surface area contributed by atoms with Crippen LogP contribution in [0.25, 0.3) is 0 Å². The molecule has 2 aliphatic heterocycles. The van der Waals surface area contributed by atoms with E-state index in [1.54, 1.807) is 28.4 Å². The van der Waals surface area contributed by atoms with Gasteiger partial charge in [-0.25, -0.2) is 0 Å². The molecule has 5 rings (SSSR count). The third kappa shape index (κ3) is 6.10. The summed E-state index contributed by atoms with van der Waals surface area (Å²) in [5.74, 6) is 3.28. The second kappa shape index (κ2) is 13.8. The standard InChI is InChI=1S/C40H52ClN2O4/c1-11-20-42-34(39(3,4)30-22-28(44-7)24-32(46-9)37(30)42)18-16-26-14-13-15-27(36(26)41)17-19-35-40(5,6)31-23-29(45-8)25-33(47-10)38(31)43(35)21-12-2/h16-19,22-25H,11-15,20-21H2,1-10H3/q+1. The van der Waals surface area contributed by atoms with E-state index < -0.39 is 0 Å². The number of rotatable bonds is 11.